The minimum atomic E-state index is 0.130. The van der Waals surface area contributed by atoms with Gasteiger partial charge in [-0.05, 0) is 36.0 Å². The number of Topliss-reactive ketones (excluding diaryl/α,β-unsaturated/α-hetero) is 1. The number of fused-ring (bicyclic) bond motifs is 1. The lowest BCUT2D eigenvalue weighted by Gasteiger charge is -2.08. The molecule has 0 bridgehead atoms. The van der Waals surface area contributed by atoms with E-state index in [0.717, 1.165) is 24.8 Å². The third kappa shape index (κ3) is 2.33. The van der Waals surface area contributed by atoms with Crippen molar-refractivity contribution in [3.8, 4) is 0 Å². The number of aryl methyl sites for hydroxylation is 1. The first-order valence-electron chi connectivity index (χ1n) is 6.98. The molecule has 2 aromatic carbocycles. The van der Waals surface area contributed by atoms with Crippen LogP contribution in [0.25, 0.3) is 0 Å². The maximum atomic E-state index is 12.5. The molecule has 1 aliphatic carbocycles. The van der Waals surface area contributed by atoms with Crippen molar-refractivity contribution < 1.29 is 4.79 Å². The maximum Gasteiger partial charge on any atom is 0.166 e. The molecule has 0 N–H and O–H groups in total. The molecule has 96 valence electrons. The van der Waals surface area contributed by atoms with Gasteiger partial charge in [-0.15, -0.1) is 0 Å². The number of carbonyl (C=O) groups excluding carboxylic acids is 1. The average molecular weight is 250 g/mol. The summed E-state index contributed by atoms with van der Waals surface area (Å²) in [6, 6.07) is 16.5. The molecule has 1 aliphatic rings. The van der Waals surface area contributed by atoms with Crippen LogP contribution in [0.4, 0.5) is 0 Å². The fraction of sp³-hybridized carbons (Fsp3) is 0.278. The molecule has 0 atom stereocenters. The van der Waals surface area contributed by atoms with Crippen LogP contribution in [0.3, 0.4) is 0 Å². The standard InChI is InChI=1S/C18H18O/c1-2-13-7-9-14(10-8-13)18(19)17-11-15-5-3-4-6-16(15)12-17/h3-10,17H,2,11-12H2,1H3. The van der Waals surface area contributed by atoms with E-state index in [1.54, 1.807) is 0 Å². The van der Waals surface area contributed by atoms with E-state index in [1.165, 1.54) is 16.7 Å². The van der Waals surface area contributed by atoms with Gasteiger partial charge in [0, 0.05) is 11.5 Å². The van der Waals surface area contributed by atoms with Gasteiger partial charge in [0.25, 0.3) is 0 Å². The van der Waals surface area contributed by atoms with Gasteiger partial charge in [-0.25, -0.2) is 0 Å². The molecule has 3 rings (SSSR count). The zero-order valence-corrected chi connectivity index (χ0v) is 11.2. The van der Waals surface area contributed by atoms with Gasteiger partial charge < -0.3 is 0 Å². The van der Waals surface area contributed by atoms with E-state index < -0.39 is 0 Å². The summed E-state index contributed by atoms with van der Waals surface area (Å²) < 4.78 is 0. The lowest BCUT2D eigenvalue weighted by Crippen LogP contribution is -2.14. The topological polar surface area (TPSA) is 17.1 Å². The monoisotopic (exact) mass is 250 g/mol. The molecule has 0 fully saturated rings. The van der Waals surface area contributed by atoms with Crippen molar-refractivity contribution in [3.63, 3.8) is 0 Å². The number of rotatable bonds is 3. The number of ketones is 1. The number of hydrogen-bond acceptors (Lipinski definition) is 1. The van der Waals surface area contributed by atoms with Gasteiger partial charge >= 0.3 is 0 Å². The smallest absolute Gasteiger partial charge is 0.166 e. The van der Waals surface area contributed by atoms with Gasteiger partial charge in [-0.2, -0.15) is 0 Å². The van der Waals surface area contributed by atoms with E-state index in [-0.39, 0.29) is 5.92 Å². The molecule has 0 unspecified atom stereocenters. The van der Waals surface area contributed by atoms with Crippen molar-refractivity contribution in [1.82, 2.24) is 0 Å². The Labute approximate surface area is 114 Å². The molecule has 19 heavy (non-hydrogen) atoms. The molecule has 0 aromatic heterocycles. The summed E-state index contributed by atoms with van der Waals surface area (Å²) in [6.45, 7) is 2.13. The van der Waals surface area contributed by atoms with Crippen LogP contribution in [0.15, 0.2) is 48.5 Å². The van der Waals surface area contributed by atoms with Gasteiger partial charge in [0.05, 0.1) is 0 Å². The van der Waals surface area contributed by atoms with Crippen LogP contribution in [-0.4, -0.2) is 5.78 Å². The Bertz CT molecular complexity index is 570. The average Bonchev–Trinajstić information content (AvgIpc) is 2.90. The maximum absolute atomic E-state index is 12.5. The van der Waals surface area contributed by atoms with Crippen LogP contribution in [0.1, 0.15) is 34.0 Å². The SMILES string of the molecule is CCc1ccc(C(=O)C2Cc3ccccc3C2)cc1. The van der Waals surface area contributed by atoms with E-state index in [0.29, 0.717) is 5.78 Å². The normalized spacial score (nSPS) is 14.4. The van der Waals surface area contributed by atoms with Gasteiger partial charge in [0.15, 0.2) is 5.78 Å². The third-order valence-electron chi connectivity index (χ3n) is 4.07. The predicted octanol–water partition coefficient (Wildman–Crippen LogP) is 3.85. The van der Waals surface area contributed by atoms with Crippen LogP contribution in [0.2, 0.25) is 0 Å². The number of hydrogen-bond donors (Lipinski definition) is 0. The Balaban J connectivity index is 1.79. The molecule has 0 heterocycles. The first-order valence-corrected chi connectivity index (χ1v) is 6.98. The zero-order valence-electron chi connectivity index (χ0n) is 11.2. The van der Waals surface area contributed by atoms with Gasteiger partial charge in [-0.3, -0.25) is 4.79 Å². The quantitative estimate of drug-likeness (QED) is 0.756. The summed E-state index contributed by atoms with van der Waals surface area (Å²) in [7, 11) is 0. The fourth-order valence-corrected chi connectivity index (χ4v) is 2.88. The molecule has 0 aliphatic heterocycles. The summed E-state index contributed by atoms with van der Waals surface area (Å²) in [6.07, 6.45) is 2.80. The summed E-state index contributed by atoms with van der Waals surface area (Å²) >= 11 is 0. The van der Waals surface area contributed by atoms with E-state index in [9.17, 15) is 4.79 Å². The highest BCUT2D eigenvalue weighted by Gasteiger charge is 2.27. The largest absolute Gasteiger partial charge is 0.294 e. The van der Waals surface area contributed by atoms with E-state index >= 15 is 0 Å². The van der Waals surface area contributed by atoms with Crippen LogP contribution in [0.5, 0.6) is 0 Å². The van der Waals surface area contributed by atoms with Crippen molar-refractivity contribution in [1.29, 1.82) is 0 Å². The summed E-state index contributed by atoms with van der Waals surface area (Å²) in [5.74, 6) is 0.420. The highest BCUT2D eigenvalue weighted by molar-refractivity contribution is 5.98. The van der Waals surface area contributed by atoms with Crippen LogP contribution in [-0.2, 0) is 19.3 Å². The summed E-state index contributed by atoms with van der Waals surface area (Å²) in [5, 5.41) is 0. The van der Waals surface area contributed by atoms with Crippen molar-refractivity contribution in [2.45, 2.75) is 26.2 Å². The van der Waals surface area contributed by atoms with Crippen molar-refractivity contribution in [2.75, 3.05) is 0 Å². The van der Waals surface area contributed by atoms with E-state index in [2.05, 4.69) is 43.3 Å². The minimum absolute atomic E-state index is 0.130. The van der Waals surface area contributed by atoms with Crippen molar-refractivity contribution in [3.05, 3.63) is 70.8 Å². The molecule has 1 nitrogen and oxygen atoms in total. The number of benzene rings is 2. The molecular weight excluding hydrogens is 232 g/mol. The summed E-state index contributed by atoms with van der Waals surface area (Å²) in [5.41, 5.74) is 4.82. The molecule has 1 heteroatoms. The lowest BCUT2D eigenvalue weighted by molar-refractivity contribution is 0.0924. The third-order valence-corrected chi connectivity index (χ3v) is 4.07. The summed E-state index contributed by atoms with van der Waals surface area (Å²) in [4.78, 5) is 12.5. The fourth-order valence-electron chi connectivity index (χ4n) is 2.88. The molecule has 0 saturated heterocycles. The van der Waals surface area contributed by atoms with Crippen LogP contribution in [0, 0.1) is 5.92 Å². The molecule has 0 radical (unpaired) electrons. The second-order valence-electron chi connectivity index (χ2n) is 5.29. The van der Waals surface area contributed by atoms with Crippen LogP contribution < -0.4 is 0 Å². The van der Waals surface area contributed by atoms with E-state index in [4.69, 9.17) is 0 Å². The Morgan fingerprint density at radius 2 is 1.58 bits per heavy atom. The molecule has 2 aromatic rings. The van der Waals surface area contributed by atoms with Crippen LogP contribution >= 0.6 is 0 Å². The Kier molecular flexibility index (Phi) is 3.20. The van der Waals surface area contributed by atoms with Crippen molar-refractivity contribution in [2.24, 2.45) is 5.92 Å². The van der Waals surface area contributed by atoms with Gasteiger partial charge in [0.1, 0.15) is 0 Å². The molecular formula is C18H18O. The van der Waals surface area contributed by atoms with Gasteiger partial charge in [0.2, 0.25) is 0 Å². The Hall–Kier alpha value is -1.89. The molecule has 0 saturated carbocycles. The predicted molar refractivity (Wildman–Crippen MR) is 77.5 cm³/mol. The highest BCUT2D eigenvalue weighted by Crippen LogP contribution is 2.29. The Morgan fingerprint density at radius 1 is 1.00 bits per heavy atom. The second-order valence-corrected chi connectivity index (χ2v) is 5.29. The van der Waals surface area contributed by atoms with Gasteiger partial charge in [-0.1, -0.05) is 55.5 Å². The minimum Gasteiger partial charge on any atom is -0.294 e. The highest BCUT2D eigenvalue weighted by atomic mass is 16.1. The van der Waals surface area contributed by atoms with E-state index in [1.807, 2.05) is 12.1 Å². The van der Waals surface area contributed by atoms with Crippen molar-refractivity contribution >= 4 is 5.78 Å². The Morgan fingerprint density at radius 3 is 2.11 bits per heavy atom. The molecule has 0 spiro atoms. The lowest BCUT2D eigenvalue weighted by atomic mass is 9.94. The first kappa shape index (κ1) is 12.2. The second kappa shape index (κ2) is 5.00. The molecule has 0 amide bonds. The number of carbonyl (C=O) groups is 1. The first-order chi connectivity index (χ1) is 9.28. The zero-order chi connectivity index (χ0) is 13.2.